The topological polar surface area (TPSA) is 76.6 Å². The number of carbonyl (C=O) groups excluding carboxylic acids is 1. The first-order chi connectivity index (χ1) is 14.3. The molecule has 0 radical (unpaired) electrons. The lowest BCUT2D eigenvalue weighted by molar-refractivity contribution is 0.102. The first-order valence-electron chi connectivity index (χ1n) is 9.66. The van der Waals surface area contributed by atoms with E-state index in [0.717, 1.165) is 30.2 Å². The van der Waals surface area contributed by atoms with Gasteiger partial charge in [0.1, 0.15) is 0 Å². The van der Waals surface area contributed by atoms with E-state index >= 15 is 0 Å². The summed E-state index contributed by atoms with van der Waals surface area (Å²) in [5.74, 6) is 2.01. The van der Waals surface area contributed by atoms with Gasteiger partial charge in [-0.2, -0.15) is 0 Å². The van der Waals surface area contributed by atoms with Gasteiger partial charge in [0.05, 0.1) is 5.69 Å². The maximum absolute atomic E-state index is 12.7. The van der Waals surface area contributed by atoms with E-state index in [2.05, 4.69) is 20.4 Å². The normalized spacial score (nSPS) is 14.8. The van der Waals surface area contributed by atoms with Gasteiger partial charge in [0.2, 0.25) is 6.79 Å². The van der Waals surface area contributed by atoms with Gasteiger partial charge >= 0.3 is 0 Å². The molecule has 5 rings (SSSR count). The minimum Gasteiger partial charge on any atom is -0.454 e. The van der Waals surface area contributed by atoms with E-state index in [1.807, 2.05) is 30.3 Å². The molecule has 0 atom stereocenters. The molecule has 2 aliphatic rings. The number of carbonyl (C=O) groups is 1. The van der Waals surface area contributed by atoms with Crippen molar-refractivity contribution in [3.8, 4) is 22.8 Å². The number of hydrogen-bond acceptors (Lipinski definition) is 6. The predicted molar refractivity (Wildman–Crippen MR) is 109 cm³/mol. The number of benzene rings is 2. The van der Waals surface area contributed by atoms with E-state index in [9.17, 15) is 4.79 Å². The minimum absolute atomic E-state index is 0.201. The molecule has 1 saturated heterocycles. The lowest BCUT2D eigenvalue weighted by Gasteiger charge is -2.15. The Bertz CT molecular complexity index is 1050. The molecular weight excluding hydrogens is 368 g/mol. The Kier molecular flexibility index (Phi) is 4.48. The van der Waals surface area contributed by atoms with Crippen molar-refractivity contribution in [3.05, 3.63) is 60.2 Å². The Labute approximate surface area is 168 Å². The summed E-state index contributed by atoms with van der Waals surface area (Å²) in [6, 6.07) is 16.6. The number of fused-ring (bicyclic) bond motifs is 1. The zero-order valence-electron chi connectivity index (χ0n) is 15.8. The Balaban J connectivity index is 1.33. The third-order valence-electron chi connectivity index (χ3n) is 5.13. The molecule has 1 amide bonds. The number of aromatic nitrogens is 2. The molecule has 0 unspecified atom stereocenters. The van der Waals surface area contributed by atoms with Crippen LogP contribution in [0.3, 0.4) is 0 Å². The Morgan fingerprint density at radius 3 is 2.62 bits per heavy atom. The molecule has 2 aromatic carbocycles. The van der Waals surface area contributed by atoms with Crippen molar-refractivity contribution in [2.24, 2.45) is 0 Å². The highest BCUT2D eigenvalue weighted by molar-refractivity contribution is 6.05. The van der Waals surface area contributed by atoms with E-state index in [-0.39, 0.29) is 12.7 Å². The van der Waals surface area contributed by atoms with Crippen molar-refractivity contribution in [2.75, 3.05) is 30.1 Å². The molecule has 3 heterocycles. The fourth-order valence-corrected chi connectivity index (χ4v) is 3.59. The quantitative estimate of drug-likeness (QED) is 0.734. The summed E-state index contributed by atoms with van der Waals surface area (Å²) in [6.07, 6.45) is 2.40. The van der Waals surface area contributed by atoms with Crippen molar-refractivity contribution >= 4 is 17.4 Å². The van der Waals surface area contributed by atoms with Gasteiger partial charge in [0.15, 0.2) is 17.3 Å². The number of hydrogen-bond donors (Lipinski definition) is 1. The van der Waals surface area contributed by atoms with E-state index < -0.39 is 0 Å². The second-order valence-corrected chi connectivity index (χ2v) is 7.07. The molecule has 146 valence electrons. The molecule has 0 spiro atoms. The van der Waals surface area contributed by atoms with Crippen LogP contribution in [-0.2, 0) is 0 Å². The van der Waals surface area contributed by atoms with Crippen molar-refractivity contribution < 1.29 is 14.3 Å². The van der Waals surface area contributed by atoms with Crippen LogP contribution >= 0.6 is 0 Å². The predicted octanol–water partition coefficient (Wildman–Crippen LogP) is 3.72. The average molecular weight is 388 g/mol. The number of anilines is 2. The summed E-state index contributed by atoms with van der Waals surface area (Å²) in [6.45, 7) is 2.26. The molecule has 29 heavy (non-hydrogen) atoms. The third-order valence-corrected chi connectivity index (χ3v) is 5.13. The highest BCUT2D eigenvalue weighted by atomic mass is 16.7. The van der Waals surface area contributed by atoms with Crippen molar-refractivity contribution in [2.45, 2.75) is 12.8 Å². The Hall–Kier alpha value is -3.61. The second kappa shape index (κ2) is 7.43. The number of amides is 1. The zero-order valence-corrected chi connectivity index (χ0v) is 15.8. The van der Waals surface area contributed by atoms with E-state index in [4.69, 9.17) is 9.47 Å². The summed E-state index contributed by atoms with van der Waals surface area (Å²) in [7, 11) is 0. The van der Waals surface area contributed by atoms with Crippen LogP contribution in [-0.4, -0.2) is 36.0 Å². The number of nitrogens with one attached hydrogen (secondary N) is 1. The summed E-state index contributed by atoms with van der Waals surface area (Å²) in [5, 5.41) is 11.6. The van der Waals surface area contributed by atoms with Crippen LogP contribution in [0.25, 0.3) is 11.3 Å². The molecule has 1 N–H and O–H groups in total. The molecule has 0 saturated carbocycles. The second-order valence-electron chi connectivity index (χ2n) is 7.07. The maximum atomic E-state index is 12.7. The standard InChI is InChI=1S/C22H20N4O3/c27-22(23-17-6-8-19-20(13-17)29-14-28-19)16-5-3-4-15(12-16)18-7-9-21(25-24-18)26-10-1-2-11-26/h3-9,12-13H,1-2,10-11,14H2,(H,23,27). The molecule has 7 heteroatoms. The van der Waals surface area contributed by atoms with Crippen molar-refractivity contribution in [3.63, 3.8) is 0 Å². The SMILES string of the molecule is O=C(Nc1ccc2c(c1)OCO2)c1cccc(-c2ccc(N3CCCC3)nn2)c1. The summed E-state index contributed by atoms with van der Waals surface area (Å²) in [4.78, 5) is 14.9. The van der Waals surface area contributed by atoms with Crippen LogP contribution in [0.4, 0.5) is 11.5 Å². The summed E-state index contributed by atoms with van der Waals surface area (Å²) < 4.78 is 10.7. The lowest BCUT2D eigenvalue weighted by Crippen LogP contribution is -2.19. The molecule has 2 aliphatic heterocycles. The summed E-state index contributed by atoms with van der Waals surface area (Å²) >= 11 is 0. The van der Waals surface area contributed by atoms with Gasteiger partial charge in [0, 0.05) is 36.0 Å². The smallest absolute Gasteiger partial charge is 0.255 e. The monoisotopic (exact) mass is 388 g/mol. The van der Waals surface area contributed by atoms with E-state index in [0.29, 0.717) is 22.7 Å². The maximum Gasteiger partial charge on any atom is 0.255 e. The fourth-order valence-electron chi connectivity index (χ4n) is 3.59. The highest BCUT2D eigenvalue weighted by Gasteiger charge is 2.16. The molecule has 0 aliphatic carbocycles. The van der Waals surface area contributed by atoms with Gasteiger partial charge in [-0.15, -0.1) is 10.2 Å². The molecule has 3 aromatic rings. The minimum atomic E-state index is -0.202. The lowest BCUT2D eigenvalue weighted by atomic mass is 10.1. The van der Waals surface area contributed by atoms with E-state index in [1.54, 1.807) is 24.3 Å². The van der Waals surface area contributed by atoms with Gasteiger partial charge in [-0.1, -0.05) is 12.1 Å². The Morgan fingerprint density at radius 2 is 1.79 bits per heavy atom. The molecular formula is C22H20N4O3. The Morgan fingerprint density at radius 1 is 0.931 bits per heavy atom. The third kappa shape index (κ3) is 3.59. The molecule has 0 bridgehead atoms. The van der Waals surface area contributed by atoms with Crippen LogP contribution in [0.1, 0.15) is 23.2 Å². The highest BCUT2D eigenvalue weighted by Crippen LogP contribution is 2.34. The van der Waals surface area contributed by atoms with Gasteiger partial charge < -0.3 is 19.7 Å². The number of nitrogens with zero attached hydrogens (tertiary/aromatic N) is 3. The van der Waals surface area contributed by atoms with Crippen molar-refractivity contribution in [1.82, 2.24) is 10.2 Å². The molecule has 1 aromatic heterocycles. The van der Waals surface area contributed by atoms with Crippen LogP contribution in [0, 0.1) is 0 Å². The van der Waals surface area contributed by atoms with Crippen LogP contribution < -0.4 is 19.7 Å². The summed E-state index contributed by atoms with van der Waals surface area (Å²) in [5.41, 5.74) is 2.79. The molecule has 7 nitrogen and oxygen atoms in total. The van der Waals surface area contributed by atoms with Gasteiger partial charge in [0.25, 0.3) is 5.91 Å². The fraction of sp³-hybridized carbons (Fsp3) is 0.227. The molecule has 1 fully saturated rings. The first-order valence-corrected chi connectivity index (χ1v) is 9.66. The van der Waals surface area contributed by atoms with Gasteiger partial charge in [-0.05, 0) is 49.2 Å². The number of ether oxygens (including phenoxy) is 2. The average Bonchev–Trinajstić information content (AvgIpc) is 3.46. The van der Waals surface area contributed by atoms with Crippen LogP contribution in [0.15, 0.2) is 54.6 Å². The number of rotatable bonds is 4. The van der Waals surface area contributed by atoms with Crippen LogP contribution in [0.2, 0.25) is 0 Å². The van der Waals surface area contributed by atoms with Gasteiger partial charge in [-0.25, -0.2) is 0 Å². The largest absolute Gasteiger partial charge is 0.454 e. The zero-order chi connectivity index (χ0) is 19.6. The van der Waals surface area contributed by atoms with Gasteiger partial charge in [-0.3, -0.25) is 4.79 Å². The van der Waals surface area contributed by atoms with Crippen molar-refractivity contribution in [1.29, 1.82) is 0 Å². The van der Waals surface area contributed by atoms with E-state index in [1.165, 1.54) is 12.8 Å². The first kappa shape index (κ1) is 17.5. The van der Waals surface area contributed by atoms with Crippen LogP contribution in [0.5, 0.6) is 11.5 Å².